The molecule has 0 saturated carbocycles. The van der Waals surface area contributed by atoms with Crippen LogP contribution in [-0.2, 0) is 11.4 Å². The summed E-state index contributed by atoms with van der Waals surface area (Å²) in [7, 11) is 1.54. The molecule has 0 aromatic heterocycles. The molecule has 0 aliphatic rings. The summed E-state index contributed by atoms with van der Waals surface area (Å²) in [6.45, 7) is 2.48. The quantitative estimate of drug-likeness (QED) is 0.830. The molecule has 1 N–H and O–H groups in total. The van der Waals surface area contributed by atoms with Crippen LogP contribution in [0.25, 0.3) is 0 Å². The molecule has 0 fully saturated rings. The molecule has 2 rings (SSSR count). The molecule has 0 radical (unpaired) electrons. The highest BCUT2D eigenvalue weighted by atomic mass is 16.5. The second-order valence-electron chi connectivity index (χ2n) is 5.58. The Morgan fingerprint density at radius 3 is 2.65 bits per heavy atom. The molecule has 0 heterocycles. The first-order chi connectivity index (χ1) is 12.6. The summed E-state index contributed by atoms with van der Waals surface area (Å²) >= 11 is 0. The second-order valence-corrected chi connectivity index (χ2v) is 5.58. The van der Waals surface area contributed by atoms with Crippen LogP contribution in [0.15, 0.2) is 48.5 Å². The van der Waals surface area contributed by atoms with E-state index in [-0.39, 0.29) is 25.0 Å². The number of carbonyl (C=O) groups is 2. The minimum Gasteiger partial charge on any atom is -0.489 e. The van der Waals surface area contributed by atoms with Crippen molar-refractivity contribution in [3.63, 3.8) is 0 Å². The summed E-state index contributed by atoms with van der Waals surface area (Å²) < 4.78 is 5.74. The molecule has 26 heavy (non-hydrogen) atoms. The molecule has 134 valence electrons. The minimum atomic E-state index is -0.237. The standard InChI is InChI=1S/C20H21N3O3/c1-3-23(13-19(24)22-2)20(25)15-9-6-10-18(11-15)26-14-17-8-5-4-7-16(17)12-21/h4-11H,3,13-14H2,1-2H3,(H,22,24). The fraction of sp³-hybridized carbons (Fsp3) is 0.250. The summed E-state index contributed by atoms with van der Waals surface area (Å²) in [6.07, 6.45) is 0. The number of nitrogens with one attached hydrogen (secondary N) is 1. The molecular formula is C20H21N3O3. The van der Waals surface area contributed by atoms with E-state index in [1.807, 2.05) is 19.1 Å². The molecule has 0 unspecified atom stereocenters. The van der Waals surface area contributed by atoms with Crippen LogP contribution in [0.4, 0.5) is 0 Å². The van der Waals surface area contributed by atoms with Gasteiger partial charge in [-0.15, -0.1) is 0 Å². The van der Waals surface area contributed by atoms with Gasteiger partial charge in [0.15, 0.2) is 0 Å². The van der Waals surface area contributed by atoms with Gasteiger partial charge in [-0.05, 0) is 31.2 Å². The number of likely N-dealkylation sites (N-methyl/N-ethyl adjacent to an activating group) is 2. The number of nitriles is 1. The number of rotatable bonds is 7. The summed E-state index contributed by atoms with van der Waals surface area (Å²) in [4.78, 5) is 25.6. The first-order valence-electron chi connectivity index (χ1n) is 8.29. The summed E-state index contributed by atoms with van der Waals surface area (Å²) in [5.41, 5.74) is 1.78. The van der Waals surface area contributed by atoms with Crippen molar-refractivity contribution in [2.75, 3.05) is 20.1 Å². The molecule has 0 aliphatic heterocycles. The molecule has 0 atom stereocenters. The van der Waals surface area contributed by atoms with E-state index in [1.54, 1.807) is 36.4 Å². The third-order valence-corrected chi connectivity index (χ3v) is 3.90. The van der Waals surface area contributed by atoms with Crippen molar-refractivity contribution in [1.29, 1.82) is 5.26 Å². The number of benzene rings is 2. The van der Waals surface area contributed by atoms with Gasteiger partial charge in [-0.2, -0.15) is 5.26 Å². The molecule has 2 amide bonds. The minimum absolute atomic E-state index is 0.00641. The monoisotopic (exact) mass is 351 g/mol. The SMILES string of the molecule is CCN(CC(=O)NC)C(=O)c1cccc(OCc2ccccc2C#N)c1. The number of hydrogen-bond donors (Lipinski definition) is 1. The van der Waals surface area contributed by atoms with Crippen molar-refractivity contribution in [2.24, 2.45) is 0 Å². The molecule has 0 aliphatic carbocycles. The molecule has 0 saturated heterocycles. The maximum Gasteiger partial charge on any atom is 0.254 e. The van der Waals surface area contributed by atoms with Crippen molar-refractivity contribution in [2.45, 2.75) is 13.5 Å². The zero-order valence-electron chi connectivity index (χ0n) is 14.9. The molecular weight excluding hydrogens is 330 g/mol. The number of ether oxygens (including phenoxy) is 1. The van der Waals surface area contributed by atoms with E-state index in [9.17, 15) is 9.59 Å². The van der Waals surface area contributed by atoms with Gasteiger partial charge in [-0.25, -0.2) is 0 Å². The van der Waals surface area contributed by atoms with E-state index < -0.39 is 0 Å². The van der Waals surface area contributed by atoms with Crippen LogP contribution in [0.3, 0.4) is 0 Å². The third-order valence-electron chi connectivity index (χ3n) is 3.90. The lowest BCUT2D eigenvalue weighted by Gasteiger charge is -2.20. The highest BCUT2D eigenvalue weighted by molar-refractivity contribution is 5.96. The number of carbonyl (C=O) groups excluding carboxylic acids is 2. The van der Waals surface area contributed by atoms with Crippen LogP contribution in [0.5, 0.6) is 5.75 Å². The van der Waals surface area contributed by atoms with Crippen molar-refractivity contribution in [3.8, 4) is 11.8 Å². The van der Waals surface area contributed by atoms with Gasteiger partial charge in [0.05, 0.1) is 18.2 Å². The lowest BCUT2D eigenvalue weighted by molar-refractivity contribution is -0.121. The summed E-state index contributed by atoms with van der Waals surface area (Å²) in [5, 5.41) is 11.6. The highest BCUT2D eigenvalue weighted by Crippen LogP contribution is 2.18. The number of hydrogen-bond acceptors (Lipinski definition) is 4. The van der Waals surface area contributed by atoms with Crippen molar-refractivity contribution < 1.29 is 14.3 Å². The Morgan fingerprint density at radius 2 is 1.96 bits per heavy atom. The Kier molecular flexibility index (Phi) is 6.75. The van der Waals surface area contributed by atoms with Gasteiger partial charge >= 0.3 is 0 Å². The van der Waals surface area contributed by atoms with Crippen LogP contribution in [0.2, 0.25) is 0 Å². The Balaban J connectivity index is 2.10. The van der Waals surface area contributed by atoms with E-state index >= 15 is 0 Å². The summed E-state index contributed by atoms with van der Waals surface area (Å²) in [5.74, 6) is 0.0688. The van der Waals surface area contributed by atoms with Crippen molar-refractivity contribution >= 4 is 11.8 Å². The molecule has 2 aromatic carbocycles. The van der Waals surface area contributed by atoms with Crippen LogP contribution in [0.1, 0.15) is 28.4 Å². The summed E-state index contributed by atoms with van der Waals surface area (Å²) in [6, 6.07) is 16.1. The fourth-order valence-electron chi connectivity index (χ4n) is 2.40. The first-order valence-corrected chi connectivity index (χ1v) is 8.29. The molecule has 6 nitrogen and oxygen atoms in total. The predicted octanol–water partition coefficient (Wildman–Crippen LogP) is 2.35. The Hall–Kier alpha value is -3.33. The van der Waals surface area contributed by atoms with Crippen molar-refractivity contribution in [3.05, 3.63) is 65.2 Å². The van der Waals surface area contributed by atoms with Gasteiger partial charge in [-0.3, -0.25) is 9.59 Å². The largest absolute Gasteiger partial charge is 0.489 e. The van der Waals surface area contributed by atoms with Crippen molar-refractivity contribution in [1.82, 2.24) is 10.2 Å². The average Bonchev–Trinajstić information content (AvgIpc) is 2.70. The fourth-order valence-corrected chi connectivity index (χ4v) is 2.40. The van der Waals surface area contributed by atoms with E-state index in [0.29, 0.717) is 23.4 Å². The first kappa shape index (κ1) is 19.0. The van der Waals surface area contributed by atoms with E-state index in [0.717, 1.165) is 5.56 Å². The lowest BCUT2D eigenvalue weighted by Crippen LogP contribution is -2.39. The van der Waals surface area contributed by atoms with Gasteiger partial charge in [0.25, 0.3) is 5.91 Å². The topological polar surface area (TPSA) is 82.4 Å². The van der Waals surface area contributed by atoms with Crippen LogP contribution < -0.4 is 10.1 Å². The maximum absolute atomic E-state index is 12.6. The second kappa shape index (κ2) is 9.23. The third kappa shape index (κ3) is 4.84. The molecule has 0 bridgehead atoms. The number of nitrogens with zero attached hydrogens (tertiary/aromatic N) is 2. The highest BCUT2D eigenvalue weighted by Gasteiger charge is 2.17. The van der Waals surface area contributed by atoms with E-state index in [1.165, 1.54) is 11.9 Å². The molecule has 0 spiro atoms. The van der Waals surface area contributed by atoms with Gasteiger partial charge in [-0.1, -0.05) is 24.3 Å². The Labute approximate surface area is 153 Å². The zero-order chi connectivity index (χ0) is 18.9. The zero-order valence-corrected chi connectivity index (χ0v) is 14.9. The van der Waals surface area contributed by atoms with Gasteiger partial charge in [0.2, 0.25) is 5.91 Å². The molecule has 2 aromatic rings. The normalized spacial score (nSPS) is 9.88. The average molecular weight is 351 g/mol. The maximum atomic E-state index is 12.6. The Morgan fingerprint density at radius 1 is 1.19 bits per heavy atom. The van der Waals surface area contributed by atoms with Gasteiger partial charge < -0.3 is 15.0 Å². The van der Waals surface area contributed by atoms with Gasteiger partial charge in [0, 0.05) is 24.7 Å². The van der Waals surface area contributed by atoms with Crippen LogP contribution in [-0.4, -0.2) is 36.9 Å². The van der Waals surface area contributed by atoms with Gasteiger partial charge in [0.1, 0.15) is 12.4 Å². The lowest BCUT2D eigenvalue weighted by atomic mass is 10.1. The van der Waals surface area contributed by atoms with E-state index in [4.69, 9.17) is 10.00 Å². The van der Waals surface area contributed by atoms with Crippen LogP contribution in [0, 0.1) is 11.3 Å². The Bertz CT molecular complexity index is 827. The smallest absolute Gasteiger partial charge is 0.254 e. The number of amides is 2. The molecule has 6 heteroatoms. The van der Waals surface area contributed by atoms with E-state index in [2.05, 4.69) is 11.4 Å². The predicted molar refractivity (Wildman–Crippen MR) is 97.6 cm³/mol. The van der Waals surface area contributed by atoms with Crippen LogP contribution >= 0.6 is 0 Å².